The van der Waals surface area contributed by atoms with Crippen LogP contribution in [-0.4, -0.2) is 23.9 Å². The summed E-state index contributed by atoms with van der Waals surface area (Å²) in [5.41, 5.74) is 0.300. The minimum Gasteiger partial charge on any atom is -0.346 e. The fourth-order valence-corrected chi connectivity index (χ4v) is 1.29. The van der Waals surface area contributed by atoms with Gasteiger partial charge in [0, 0.05) is 18.1 Å². The van der Waals surface area contributed by atoms with Gasteiger partial charge in [-0.05, 0) is 19.1 Å². The number of hydrogen-bond acceptors (Lipinski definition) is 3. The molecule has 98 valence electrons. The van der Waals surface area contributed by atoms with Crippen LogP contribution in [0.5, 0.6) is 0 Å². The molecule has 0 radical (unpaired) electrons. The van der Waals surface area contributed by atoms with Gasteiger partial charge in [-0.15, -0.1) is 0 Å². The molecule has 0 bridgehead atoms. The van der Waals surface area contributed by atoms with Crippen LogP contribution in [0.1, 0.15) is 34.1 Å². The van der Waals surface area contributed by atoms with E-state index < -0.39 is 11.5 Å². The molecular formula is C14H20N2O2. The van der Waals surface area contributed by atoms with Crippen LogP contribution < -0.4 is 5.32 Å². The lowest BCUT2D eigenvalue weighted by Crippen LogP contribution is -2.43. The van der Waals surface area contributed by atoms with Gasteiger partial charge >= 0.3 is 0 Å². The van der Waals surface area contributed by atoms with Crippen LogP contribution in [0, 0.1) is 5.41 Å². The van der Waals surface area contributed by atoms with Crippen molar-refractivity contribution in [3.63, 3.8) is 0 Å². The van der Waals surface area contributed by atoms with Crippen molar-refractivity contribution in [1.82, 2.24) is 5.32 Å². The van der Waals surface area contributed by atoms with Gasteiger partial charge in [0.05, 0.1) is 11.7 Å². The molecule has 1 heterocycles. The van der Waals surface area contributed by atoms with Gasteiger partial charge in [-0.2, -0.15) is 0 Å². The summed E-state index contributed by atoms with van der Waals surface area (Å²) in [7, 11) is 0. The van der Waals surface area contributed by atoms with E-state index in [2.05, 4.69) is 10.3 Å². The Bertz CT molecular complexity index is 426. The van der Waals surface area contributed by atoms with E-state index in [0.29, 0.717) is 0 Å². The van der Waals surface area contributed by atoms with Crippen molar-refractivity contribution < 1.29 is 9.59 Å². The third-order valence-corrected chi connectivity index (χ3v) is 2.55. The number of nitrogens with one attached hydrogen (secondary N) is 1. The third kappa shape index (κ3) is 4.28. The highest BCUT2D eigenvalue weighted by atomic mass is 16.2. The maximum absolute atomic E-state index is 11.8. The summed E-state index contributed by atoms with van der Waals surface area (Å²) in [5.74, 6) is -0.259. The van der Waals surface area contributed by atoms with Gasteiger partial charge in [-0.1, -0.05) is 26.8 Å². The topological polar surface area (TPSA) is 58.5 Å². The number of allylic oxidation sites excluding steroid dienone is 2. The van der Waals surface area contributed by atoms with Gasteiger partial charge in [-0.3, -0.25) is 14.6 Å². The second-order valence-electron chi connectivity index (χ2n) is 5.36. The molecule has 0 aromatic carbocycles. The molecule has 0 unspecified atom stereocenters. The van der Waals surface area contributed by atoms with E-state index in [1.807, 2.05) is 26.8 Å². The monoisotopic (exact) mass is 248 g/mol. The van der Waals surface area contributed by atoms with E-state index in [9.17, 15) is 9.59 Å². The Labute approximate surface area is 108 Å². The van der Waals surface area contributed by atoms with Crippen LogP contribution in [0.3, 0.4) is 0 Å². The number of amides is 1. The first-order chi connectivity index (χ1) is 8.30. The quantitative estimate of drug-likeness (QED) is 0.774. The molecule has 0 saturated carbocycles. The van der Waals surface area contributed by atoms with Crippen molar-refractivity contribution in [2.75, 3.05) is 0 Å². The number of nitrogens with zero attached hydrogens (tertiary/aromatic N) is 1. The van der Waals surface area contributed by atoms with Crippen molar-refractivity contribution in [2.24, 2.45) is 10.4 Å². The van der Waals surface area contributed by atoms with Crippen molar-refractivity contribution in [3.05, 3.63) is 23.9 Å². The van der Waals surface area contributed by atoms with E-state index in [1.165, 1.54) is 6.08 Å². The smallest absolute Gasteiger partial charge is 0.225 e. The van der Waals surface area contributed by atoms with Crippen LogP contribution in [0.2, 0.25) is 0 Å². The van der Waals surface area contributed by atoms with Gasteiger partial charge in [0.1, 0.15) is 0 Å². The summed E-state index contributed by atoms with van der Waals surface area (Å²) in [6, 6.07) is -0.515. The summed E-state index contributed by atoms with van der Waals surface area (Å²) in [6.07, 6.45) is 7.66. The van der Waals surface area contributed by atoms with E-state index in [0.717, 1.165) is 12.1 Å². The lowest BCUT2D eigenvalue weighted by Gasteiger charge is -2.20. The van der Waals surface area contributed by atoms with Crippen molar-refractivity contribution >= 4 is 17.9 Å². The van der Waals surface area contributed by atoms with Crippen LogP contribution in [0.4, 0.5) is 0 Å². The minimum absolute atomic E-state index is 0.129. The van der Waals surface area contributed by atoms with Crippen molar-refractivity contribution in [1.29, 1.82) is 0 Å². The number of aliphatic imine (C=N–C) groups is 1. The normalized spacial score (nSPS) is 16.8. The zero-order valence-corrected chi connectivity index (χ0v) is 11.4. The molecule has 1 aliphatic heterocycles. The van der Waals surface area contributed by atoms with Gasteiger partial charge in [0.25, 0.3) is 0 Å². The molecule has 1 atom stereocenters. The average Bonchev–Trinajstić information content (AvgIpc) is 2.77. The largest absolute Gasteiger partial charge is 0.346 e. The summed E-state index contributed by atoms with van der Waals surface area (Å²) in [5, 5.41) is 2.70. The Morgan fingerprint density at radius 2 is 2.11 bits per heavy atom. The Morgan fingerprint density at radius 1 is 1.44 bits per heavy atom. The third-order valence-electron chi connectivity index (χ3n) is 2.55. The average molecular weight is 248 g/mol. The first-order valence-electron chi connectivity index (χ1n) is 6.06. The molecule has 0 spiro atoms. The van der Waals surface area contributed by atoms with Crippen LogP contribution >= 0.6 is 0 Å². The molecule has 4 nitrogen and oxygen atoms in total. The molecule has 1 aliphatic rings. The van der Waals surface area contributed by atoms with Gasteiger partial charge in [0.2, 0.25) is 5.91 Å². The molecule has 4 heteroatoms. The Hall–Kier alpha value is -1.71. The highest BCUT2D eigenvalue weighted by Gasteiger charge is 2.24. The van der Waals surface area contributed by atoms with Crippen LogP contribution in [0.15, 0.2) is 28.9 Å². The maximum atomic E-state index is 11.8. The highest BCUT2D eigenvalue weighted by Crippen LogP contribution is 2.13. The standard InChI is InChI=1S/C14H20N2O2/c1-10(16-13(18)14(2,3)4)12(17)8-7-11-6-5-9-15-11/h6-10H,5H2,1-4H3,(H,16,18)/b8-7+/t10-/m0/s1. The molecule has 0 saturated heterocycles. The predicted molar refractivity (Wildman–Crippen MR) is 72.4 cm³/mol. The lowest BCUT2D eigenvalue weighted by atomic mass is 9.95. The van der Waals surface area contributed by atoms with Gasteiger partial charge < -0.3 is 5.32 Å². The van der Waals surface area contributed by atoms with Crippen LogP contribution in [-0.2, 0) is 9.59 Å². The molecule has 0 aromatic rings. The molecule has 0 aliphatic carbocycles. The van der Waals surface area contributed by atoms with Gasteiger partial charge in [-0.25, -0.2) is 0 Å². The highest BCUT2D eigenvalue weighted by molar-refractivity contribution is 5.97. The van der Waals surface area contributed by atoms with Gasteiger partial charge in [0.15, 0.2) is 5.78 Å². The van der Waals surface area contributed by atoms with Crippen molar-refractivity contribution in [2.45, 2.75) is 40.2 Å². The number of carbonyl (C=O) groups is 2. The molecule has 1 rings (SSSR count). The number of rotatable bonds is 4. The molecular weight excluding hydrogens is 228 g/mol. The maximum Gasteiger partial charge on any atom is 0.225 e. The lowest BCUT2D eigenvalue weighted by molar-refractivity contribution is -0.131. The predicted octanol–water partition coefficient (Wildman–Crippen LogP) is 2.02. The zero-order valence-electron chi connectivity index (χ0n) is 11.4. The second-order valence-corrected chi connectivity index (χ2v) is 5.36. The summed E-state index contributed by atoms with van der Waals surface area (Å²) < 4.78 is 0. The molecule has 1 amide bonds. The number of ketones is 1. The molecule has 18 heavy (non-hydrogen) atoms. The van der Waals surface area contributed by atoms with Crippen LogP contribution in [0.25, 0.3) is 0 Å². The van der Waals surface area contributed by atoms with E-state index in [1.54, 1.807) is 19.2 Å². The van der Waals surface area contributed by atoms with Crippen molar-refractivity contribution in [3.8, 4) is 0 Å². The van der Waals surface area contributed by atoms with E-state index in [4.69, 9.17) is 0 Å². The SMILES string of the molecule is C[C@H](NC(=O)C(C)(C)C)C(=O)/C=C/C1=CCC=N1. The minimum atomic E-state index is -0.515. The molecule has 0 aromatic heterocycles. The first kappa shape index (κ1) is 14.4. The fourth-order valence-electron chi connectivity index (χ4n) is 1.29. The summed E-state index contributed by atoms with van der Waals surface area (Å²) in [6.45, 7) is 7.12. The summed E-state index contributed by atoms with van der Waals surface area (Å²) >= 11 is 0. The fraction of sp³-hybridized carbons (Fsp3) is 0.500. The summed E-state index contributed by atoms with van der Waals surface area (Å²) in [4.78, 5) is 27.6. The Balaban J connectivity index is 2.52. The van der Waals surface area contributed by atoms with E-state index in [-0.39, 0.29) is 11.7 Å². The van der Waals surface area contributed by atoms with E-state index >= 15 is 0 Å². The Kier molecular flexibility index (Phi) is 4.59. The first-order valence-corrected chi connectivity index (χ1v) is 6.06. The number of carbonyl (C=O) groups excluding carboxylic acids is 2. The zero-order chi connectivity index (χ0) is 13.8. The molecule has 0 fully saturated rings. The molecule has 1 N–H and O–H groups in total. The second kappa shape index (κ2) is 5.76. The number of hydrogen-bond donors (Lipinski definition) is 1. The Morgan fingerprint density at radius 3 is 2.61 bits per heavy atom.